The van der Waals surface area contributed by atoms with E-state index in [1.54, 1.807) is 6.07 Å². The number of hydrogen-bond acceptors (Lipinski definition) is 3. The van der Waals surface area contributed by atoms with Crippen molar-refractivity contribution in [2.24, 2.45) is 5.73 Å². The summed E-state index contributed by atoms with van der Waals surface area (Å²) in [4.78, 5) is 0. The van der Waals surface area contributed by atoms with Gasteiger partial charge in [-0.1, -0.05) is 12.1 Å². The van der Waals surface area contributed by atoms with Crippen LogP contribution in [0.2, 0.25) is 0 Å². The molecule has 4 nitrogen and oxygen atoms in total. The first-order chi connectivity index (χ1) is 9.52. The number of anilines is 1. The maximum absolute atomic E-state index is 12.9. The van der Waals surface area contributed by atoms with E-state index in [0.717, 1.165) is 12.5 Å². The van der Waals surface area contributed by atoms with E-state index in [4.69, 9.17) is 5.73 Å². The van der Waals surface area contributed by atoms with E-state index in [0.29, 0.717) is 18.8 Å². The van der Waals surface area contributed by atoms with Gasteiger partial charge in [0.25, 0.3) is 0 Å². The average Bonchev–Trinajstić information content (AvgIpc) is 2.87. The van der Waals surface area contributed by atoms with Gasteiger partial charge in [-0.2, -0.15) is 18.3 Å². The Morgan fingerprint density at radius 1 is 1.25 bits per heavy atom. The Kier molecular flexibility index (Phi) is 4.29. The molecule has 20 heavy (non-hydrogen) atoms. The van der Waals surface area contributed by atoms with Crippen molar-refractivity contribution < 1.29 is 13.2 Å². The fraction of sp³-hybridized carbons (Fsp3) is 0.308. The highest BCUT2D eigenvalue weighted by atomic mass is 19.4. The van der Waals surface area contributed by atoms with Gasteiger partial charge < -0.3 is 11.1 Å². The molecule has 0 unspecified atom stereocenters. The summed E-state index contributed by atoms with van der Waals surface area (Å²) >= 11 is 0. The zero-order valence-electron chi connectivity index (χ0n) is 10.7. The number of benzene rings is 1. The normalized spacial score (nSPS) is 11.6. The van der Waals surface area contributed by atoms with Crippen molar-refractivity contribution in [1.82, 2.24) is 9.78 Å². The number of hydrogen-bond donors (Lipinski definition) is 2. The number of nitrogens with one attached hydrogen (secondary N) is 1. The third-order valence-corrected chi connectivity index (χ3v) is 2.75. The molecule has 3 N–H and O–H groups in total. The summed E-state index contributed by atoms with van der Waals surface area (Å²) in [7, 11) is 0. The molecule has 0 saturated heterocycles. The smallest absolute Gasteiger partial charge is 0.382 e. The summed E-state index contributed by atoms with van der Waals surface area (Å²) < 4.78 is 40.0. The first-order valence-electron chi connectivity index (χ1n) is 6.17. The molecule has 0 spiro atoms. The minimum atomic E-state index is -4.41. The average molecular weight is 284 g/mol. The van der Waals surface area contributed by atoms with Crippen LogP contribution in [0.15, 0.2) is 36.7 Å². The van der Waals surface area contributed by atoms with Crippen LogP contribution < -0.4 is 11.1 Å². The molecular weight excluding hydrogens is 269 g/mol. The van der Waals surface area contributed by atoms with Crippen molar-refractivity contribution in [2.45, 2.75) is 12.6 Å². The van der Waals surface area contributed by atoms with Gasteiger partial charge in [0, 0.05) is 6.54 Å². The Bertz CT molecular complexity index is 563. The summed E-state index contributed by atoms with van der Waals surface area (Å²) in [5.74, 6) is 0. The van der Waals surface area contributed by atoms with Crippen LogP contribution in [0.1, 0.15) is 12.0 Å². The molecule has 2 aromatic rings. The molecule has 0 bridgehead atoms. The number of rotatable bonds is 5. The summed E-state index contributed by atoms with van der Waals surface area (Å²) in [6.07, 6.45) is -0.606. The van der Waals surface area contributed by atoms with Gasteiger partial charge >= 0.3 is 6.18 Å². The molecule has 0 fully saturated rings. The maximum atomic E-state index is 12.9. The highest BCUT2D eigenvalue weighted by Crippen LogP contribution is 2.33. The van der Waals surface area contributed by atoms with Crippen LogP contribution in [0, 0.1) is 0 Å². The van der Waals surface area contributed by atoms with Crippen molar-refractivity contribution in [2.75, 3.05) is 18.4 Å². The monoisotopic (exact) mass is 284 g/mol. The number of nitrogens with two attached hydrogens (primary N) is 1. The number of para-hydroxylation sites is 1. The molecule has 0 aliphatic rings. The summed E-state index contributed by atoms with van der Waals surface area (Å²) in [5.41, 5.74) is 5.33. The van der Waals surface area contributed by atoms with Gasteiger partial charge in [0.15, 0.2) is 0 Å². The Morgan fingerprint density at radius 3 is 2.70 bits per heavy atom. The standard InChI is InChI=1S/C13H15F3N4/c14-13(15,16)11-4-1-2-5-12(11)20-9-10(8-19-20)18-7-3-6-17/h1-2,4-5,8-9,18H,3,6-7,17H2. The largest absolute Gasteiger partial charge is 0.418 e. The van der Waals surface area contributed by atoms with Crippen LogP contribution >= 0.6 is 0 Å². The van der Waals surface area contributed by atoms with E-state index in [1.165, 1.54) is 29.2 Å². The summed E-state index contributed by atoms with van der Waals surface area (Å²) in [6.45, 7) is 1.21. The fourth-order valence-electron chi connectivity index (χ4n) is 1.79. The van der Waals surface area contributed by atoms with E-state index in [1.807, 2.05) is 0 Å². The lowest BCUT2D eigenvalue weighted by Crippen LogP contribution is -2.11. The van der Waals surface area contributed by atoms with Crippen LogP contribution in [0.4, 0.5) is 18.9 Å². The first kappa shape index (κ1) is 14.4. The van der Waals surface area contributed by atoms with Gasteiger partial charge in [0.1, 0.15) is 0 Å². The second-order valence-electron chi connectivity index (χ2n) is 4.26. The molecular formula is C13H15F3N4. The molecule has 0 aliphatic heterocycles. The Morgan fingerprint density at radius 2 is 2.00 bits per heavy atom. The maximum Gasteiger partial charge on any atom is 0.418 e. The molecule has 0 saturated carbocycles. The number of nitrogens with zero attached hydrogens (tertiary/aromatic N) is 2. The number of halogens is 3. The lowest BCUT2D eigenvalue weighted by molar-refractivity contribution is -0.137. The Balaban J connectivity index is 2.24. The van der Waals surface area contributed by atoms with Crippen molar-refractivity contribution in [3.63, 3.8) is 0 Å². The minimum absolute atomic E-state index is 0.00637. The Labute approximate surface area is 114 Å². The molecule has 1 aromatic carbocycles. The van der Waals surface area contributed by atoms with E-state index >= 15 is 0 Å². The van der Waals surface area contributed by atoms with E-state index in [9.17, 15) is 13.2 Å². The zero-order valence-corrected chi connectivity index (χ0v) is 10.7. The van der Waals surface area contributed by atoms with Crippen LogP contribution in [-0.2, 0) is 6.18 Å². The highest BCUT2D eigenvalue weighted by molar-refractivity contribution is 5.46. The second-order valence-corrected chi connectivity index (χ2v) is 4.26. The number of alkyl halides is 3. The van der Waals surface area contributed by atoms with Crippen molar-refractivity contribution >= 4 is 5.69 Å². The molecule has 0 aliphatic carbocycles. The van der Waals surface area contributed by atoms with Crippen molar-refractivity contribution in [1.29, 1.82) is 0 Å². The number of aromatic nitrogens is 2. The van der Waals surface area contributed by atoms with Gasteiger partial charge in [0.05, 0.1) is 29.3 Å². The van der Waals surface area contributed by atoms with Gasteiger partial charge in [-0.3, -0.25) is 0 Å². The van der Waals surface area contributed by atoms with Gasteiger partial charge in [0.2, 0.25) is 0 Å². The SMILES string of the molecule is NCCCNc1cnn(-c2ccccc2C(F)(F)F)c1. The van der Waals surface area contributed by atoms with Crippen LogP contribution in [0.25, 0.3) is 5.69 Å². The van der Waals surface area contributed by atoms with Crippen LogP contribution in [0.3, 0.4) is 0 Å². The second kappa shape index (κ2) is 5.96. The van der Waals surface area contributed by atoms with Gasteiger partial charge in [-0.05, 0) is 25.1 Å². The zero-order chi connectivity index (χ0) is 14.6. The predicted octanol–water partition coefficient (Wildman–Crippen LogP) is 2.65. The van der Waals surface area contributed by atoms with Crippen molar-refractivity contribution in [3.05, 3.63) is 42.2 Å². The minimum Gasteiger partial charge on any atom is -0.382 e. The molecule has 0 amide bonds. The molecule has 0 atom stereocenters. The molecule has 7 heteroatoms. The molecule has 2 rings (SSSR count). The first-order valence-corrected chi connectivity index (χ1v) is 6.17. The van der Waals surface area contributed by atoms with E-state index in [-0.39, 0.29) is 5.69 Å². The van der Waals surface area contributed by atoms with Gasteiger partial charge in [-0.25, -0.2) is 4.68 Å². The summed E-state index contributed by atoms with van der Waals surface area (Å²) in [6, 6.07) is 5.34. The third kappa shape index (κ3) is 3.30. The predicted molar refractivity (Wildman–Crippen MR) is 70.7 cm³/mol. The van der Waals surface area contributed by atoms with Crippen LogP contribution in [-0.4, -0.2) is 22.9 Å². The highest BCUT2D eigenvalue weighted by Gasteiger charge is 2.33. The quantitative estimate of drug-likeness (QED) is 0.830. The lowest BCUT2D eigenvalue weighted by atomic mass is 10.2. The lowest BCUT2D eigenvalue weighted by Gasteiger charge is -2.12. The summed E-state index contributed by atoms with van der Waals surface area (Å²) in [5, 5.41) is 7.01. The van der Waals surface area contributed by atoms with Crippen molar-refractivity contribution in [3.8, 4) is 5.69 Å². The molecule has 1 aromatic heterocycles. The van der Waals surface area contributed by atoms with E-state index < -0.39 is 11.7 Å². The fourth-order valence-corrected chi connectivity index (χ4v) is 1.79. The molecule has 108 valence electrons. The molecule has 1 heterocycles. The van der Waals surface area contributed by atoms with Gasteiger partial charge in [-0.15, -0.1) is 0 Å². The molecule has 0 radical (unpaired) electrons. The van der Waals surface area contributed by atoms with Crippen LogP contribution in [0.5, 0.6) is 0 Å². The van der Waals surface area contributed by atoms with E-state index in [2.05, 4.69) is 10.4 Å². The Hall–Kier alpha value is -2.02. The third-order valence-electron chi connectivity index (χ3n) is 2.75. The topological polar surface area (TPSA) is 55.9 Å².